The summed E-state index contributed by atoms with van der Waals surface area (Å²) in [6.45, 7) is 7.60. The fraction of sp³-hybridized carbons (Fsp3) is 0.600. The molecule has 2 aliphatic heterocycles. The molecule has 1 aliphatic carbocycles. The number of carbonyl (C=O) groups is 2. The maximum atomic E-state index is 13.5. The number of hydrogen-bond donors (Lipinski definition) is 3. The summed E-state index contributed by atoms with van der Waals surface area (Å²) in [7, 11) is 0. The second-order valence-electron chi connectivity index (χ2n) is 10.7. The number of H-pyrrole nitrogens is 1. The standard InChI is InChI=1S/C25H33N3O4/c1-13(2)9-20-22-17(16-8-7-15(10-18(16)26-22)32-14-5-6-14)11-21-23(29)27-19(12-25(3,4)31)24(30)28(20)21/h7-8,10,13-14,19-21,26,31H,5-6,9,11-12H2,1-4H3,(H,27,29)/t19-,20-,21-/m0/s1. The van der Waals surface area contributed by atoms with E-state index in [9.17, 15) is 14.7 Å². The zero-order chi connectivity index (χ0) is 22.8. The van der Waals surface area contributed by atoms with E-state index in [4.69, 9.17) is 4.74 Å². The molecule has 1 saturated heterocycles. The SMILES string of the molecule is CC(C)C[C@H]1c2[nH]c3cc(OC4CC4)ccc3c2C[C@H]2C(=O)N[C@@H](CC(C)(C)O)C(=O)N21. The Balaban J connectivity index is 1.55. The van der Waals surface area contributed by atoms with Crippen LogP contribution in [0.15, 0.2) is 18.2 Å². The first kappa shape index (κ1) is 21.3. The van der Waals surface area contributed by atoms with Crippen molar-refractivity contribution in [2.24, 2.45) is 5.92 Å². The molecule has 1 aromatic heterocycles. The molecule has 3 heterocycles. The van der Waals surface area contributed by atoms with Gasteiger partial charge in [0.2, 0.25) is 11.8 Å². The van der Waals surface area contributed by atoms with Gasteiger partial charge >= 0.3 is 0 Å². The predicted octanol–water partition coefficient (Wildman–Crippen LogP) is 3.21. The van der Waals surface area contributed by atoms with Crippen molar-refractivity contribution in [2.75, 3.05) is 0 Å². The molecule has 0 radical (unpaired) electrons. The topological polar surface area (TPSA) is 94.7 Å². The number of nitrogens with zero attached hydrogens (tertiary/aromatic N) is 1. The lowest BCUT2D eigenvalue weighted by Crippen LogP contribution is -2.66. The van der Waals surface area contributed by atoms with Gasteiger partial charge in [0.25, 0.3) is 0 Å². The van der Waals surface area contributed by atoms with Crippen LogP contribution < -0.4 is 10.1 Å². The number of rotatable bonds is 6. The van der Waals surface area contributed by atoms with Crippen LogP contribution in [0.5, 0.6) is 5.75 Å². The molecule has 172 valence electrons. The molecule has 2 aromatic rings. The van der Waals surface area contributed by atoms with Crippen molar-refractivity contribution in [1.82, 2.24) is 15.2 Å². The van der Waals surface area contributed by atoms with Crippen molar-refractivity contribution in [2.45, 2.75) is 89.6 Å². The fourth-order valence-electron chi connectivity index (χ4n) is 5.21. The first-order valence-corrected chi connectivity index (χ1v) is 11.8. The van der Waals surface area contributed by atoms with Crippen LogP contribution in [0.3, 0.4) is 0 Å². The van der Waals surface area contributed by atoms with Gasteiger partial charge in [0.05, 0.1) is 17.7 Å². The average molecular weight is 440 g/mol. The van der Waals surface area contributed by atoms with Crippen molar-refractivity contribution < 1.29 is 19.4 Å². The molecule has 32 heavy (non-hydrogen) atoms. The van der Waals surface area contributed by atoms with E-state index >= 15 is 0 Å². The molecule has 2 amide bonds. The molecule has 3 aliphatic rings. The summed E-state index contributed by atoms with van der Waals surface area (Å²) in [5.41, 5.74) is 2.09. The summed E-state index contributed by atoms with van der Waals surface area (Å²) >= 11 is 0. The zero-order valence-corrected chi connectivity index (χ0v) is 19.3. The summed E-state index contributed by atoms with van der Waals surface area (Å²) in [5, 5.41) is 14.3. The molecular formula is C25H33N3O4. The Hall–Kier alpha value is -2.54. The number of aromatic amines is 1. The molecular weight excluding hydrogens is 406 g/mol. The Morgan fingerprint density at radius 3 is 2.66 bits per heavy atom. The van der Waals surface area contributed by atoms with Crippen LogP contribution >= 0.6 is 0 Å². The molecule has 3 N–H and O–H groups in total. The first-order chi connectivity index (χ1) is 15.1. The van der Waals surface area contributed by atoms with E-state index in [0.717, 1.165) is 47.2 Å². The van der Waals surface area contributed by atoms with Gasteiger partial charge in [0.1, 0.15) is 17.8 Å². The summed E-state index contributed by atoms with van der Waals surface area (Å²) < 4.78 is 5.97. The van der Waals surface area contributed by atoms with Crippen LogP contribution in [-0.2, 0) is 16.0 Å². The van der Waals surface area contributed by atoms with Crippen molar-refractivity contribution in [3.63, 3.8) is 0 Å². The van der Waals surface area contributed by atoms with Crippen LogP contribution in [0, 0.1) is 5.92 Å². The Bertz CT molecular complexity index is 1060. The van der Waals surface area contributed by atoms with Crippen LogP contribution in [-0.4, -0.2) is 50.6 Å². The van der Waals surface area contributed by atoms with E-state index < -0.39 is 17.7 Å². The molecule has 0 unspecified atom stereocenters. The highest BCUT2D eigenvalue weighted by Gasteiger charge is 2.49. The largest absolute Gasteiger partial charge is 0.490 e. The van der Waals surface area contributed by atoms with E-state index in [-0.39, 0.29) is 24.3 Å². The van der Waals surface area contributed by atoms with Crippen LogP contribution in [0.25, 0.3) is 10.9 Å². The second kappa shape index (κ2) is 7.51. The lowest BCUT2D eigenvalue weighted by Gasteiger charge is -2.47. The van der Waals surface area contributed by atoms with Crippen molar-refractivity contribution >= 4 is 22.7 Å². The second-order valence-corrected chi connectivity index (χ2v) is 10.7. The highest BCUT2D eigenvalue weighted by Crippen LogP contribution is 2.43. The molecule has 2 fully saturated rings. The average Bonchev–Trinajstić information content (AvgIpc) is 3.42. The zero-order valence-electron chi connectivity index (χ0n) is 19.3. The lowest BCUT2D eigenvalue weighted by molar-refractivity contribution is -0.155. The number of carbonyl (C=O) groups excluding carboxylic acids is 2. The van der Waals surface area contributed by atoms with Gasteiger partial charge in [-0.25, -0.2) is 0 Å². The van der Waals surface area contributed by atoms with Gasteiger partial charge in [-0.05, 0) is 56.7 Å². The first-order valence-electron chi connectivity index (χ1n) is 11.8. The van der Waals surface area contributed by atoms with Gasteiger partial charge in [0.15, 0.2) is 0 Å². The van der Waals surface area contributed by atoms with Crippen LogP contribution in [0.2, 0.25) is 0 Å². The number of fused-ring (bicyclic) bond motifs is 4. The van der Waals surface area contributed by atoms with Gasteiger partial charge in [-0.1, -0.05) is 13.8 Å². The minimum atomic E-state index is -1.05. The Labute approximate surface area is 188 Å². The number of benzene rings is 1. The third kappa shape index (κ3) is 3.87. The molecule has 1 aromatic carbocycles. The van der Waals surface area contributed by atoms with Gasteiger partial charge in [0, 0.05) is 35.5 Å². The van der Waals surface area contributed by atoms with E-state index in [1.165, 1.54) is 0 Å². The highest BCUT2D eigenvalue weighted by atomic mass is 16.5. The monoisotopic (exact) mass is 439 g/mol. The third-order valence-electron chi connectivity index (χ3n) is 6.71. The summed E-state index contributed by atoms with van der Waals surface area (Å²) in [6.07, 6.45) is 3.98. The maximum Gasteiger partial charge on any atom is 0.246 e. The highest BCUT2D eigenvalue weighted by molar-refractivity contribution is 5.99. The predicted molar refractivity (Wildman–Crippen MR) is 121 cm³/mol. The Kier molecular flexibility index (Phi) is 5.00. The molecule has 0 spiro atoms. The third-order valence-corrected chi connectivity index (χ3v) is 6.71. The van der Waals surface area contributed by atoms with Gasteiger partial charge in [-0.15, -0.1) is 0 Å². The number of amides is 2. The van der Waals surface area contributed by atoms with Gasteiger partial charge in [-0.3, -0.25) is 9.59 Å². The molecule has 7 nitrogen and oxygen atoms in total. The van der Waals surface area contributed by atoms with E-state index in [2.05, 4.69) is 30.2 Å². The van der Waals surface area contributed by atoms with Gasteiger partial charge < -0.3 is 25.0 Å². The number of aliphatic hydroxyl groups is 1. The van der Waals surface area contributed by atoms with Crippen molar-refractivity contribution in [3.05, 3.63) is 29.5 Å². The van der Waals surface area contributed by atoms with Crippen molar-refractivity contribution in [3.8, 4) is 5.75 Å². The maximum absolute atomic E-state index is 13.5. The lowest BCUT2D eigenvalue weighted by atomic mass is 9.84. The molecule has 5 rings (SSSR count). The quantitative estimate of drug-likeness (QED) is 0.644. The van der Waals surface area contributed by atoms with Crippen LogP contribution in [0.1, 0.15) is 70.7 Å². The Morgan fingerprint density at radius 1 is 1.25 bits per heavy atom. The Morgan fingerprint density at radius 2 is 2.00 bits per heavy atom. The fourth-order valence-corrected chi connectivity index (χ4v) is 5.21. The summed E-state index contributed by atoms with van der Waals surface area (Å²) in [4.78, 5) is 32.1. The normalized spacial score (nSPS) is 25.7. The number of hydrogen-bond acceptors (Lipinski definition) is 4. The van der Waals surface area contributed by atoms with E-state index in [1.807, 2.05) is 12.1 Å². The molecule has 0 bridgehead atoms. The van der Waals surface area contributed by atoms with Gasteiger partial charge in [-0.2, -0.15) is 0 Å². The van der Waals surface area contributed by atoms with Crippen LogP contribution in [0.4, 0.5) is 0 Å². The number of ether oxygens (including phenoxy) is 1. The molecule has 3 atom stereocenters. The smallest absolute Gasteiger partial charge is 0.246 e. The number of aromatic nitrogens is 1. The summed E-state index contributed by atoms with van der Waals surface area (Å²) in [6, 6.07) is 4.67. The van der Waals surface area contributed by atoms with E-state index in [1.54, 1.807) is 18.7 Å². The molecule has 7 heteroatoms. The number of nitrogens with one attached hydrogen (secondary N) is 2. The summed E-state index contributed by atoms with van der Waals surface area (Å²) in [5.74, 6) is 0.957. The minimum Gasteiger partial charge on any atom is -0.490 e. The number of piperazine rings is 1. The van der Waals surface area contributed by atoms with E-state index in [0.29, 0.717) is 18.4 Å². The minimum absolute atomic E-state index is 0.107. The molecule has 1 saturated carbocycles. The van der Waals surface area contributed by atoms with Crippen molar-refractivity contribution in [1.29, 1.82) is 0 Å².